The molecule has 0 saturated carbocycles. The number of carbonyl (C=O) groups is 1. The van der Waals surface area contributed by atoms with E-state index in [9.17, 15) is 4.79 Å². The lowest BCUT2D eigenvalue weighted by Gasteiger charge is -2.26. The number of hydrogen-bond donors (Lipinski definition) is 2. The van der Waals surface area contributed by atoms with Crippen LogP contribution in [0.25, 0.3) is 10.9 Å². The summed E-state index contributed by atoms with van der Waals surface area (Å²) in [5.74, 6) is 2.04. The van der Waals surface area contributed by atoms with E-state index in [1.807, 2.05) is 18.2 Å². The van der Waals surface area contributed by atoms with Gasteiger partial charge in [0.2, 0.25) is 0 Å². The van der Waals surface area contributed by atoms with E-state index in [0.717, 1.165) is 43.8 Å². The Morgan fingerprint density at radius 3 is 2.61 bits per heavy atom. The number of nitrogens with two attached hydrogens (primary N) is 1. The molecule has 0 spiro atoms. The number of carbonyl (C=O) groups excluding carboxylic acids is 1. The fraction of sp³-hybridized carbons (Fsp3) is 0.222. The molecular weight excluding hydrogens is 458 g/mol. The first-order chi connectivity index (χ1) is 17.7. The molecule has 0 unspecified atom stereocenters. The summed E-state index contributed by atoms with van der Waals surface area (Å²) in [6, 6.07) is 17.7. The summed E-state index contributed by atoms with van der Waals surface area (Å²) in [7, 11) is 0. The number of nitrogens with zero attached hydrogens (tertiary/aromatic N) is 3. The first kappa shape index (κ1) is 23.5. The van der Waals surface area contributed by atoms with E-state index in [1.54, 1.807) is 54.9 Å². The molecule has 1 fully saturated rings. The number of ether oxygens (including phenoxy) is 3. The minimum absolute atomic E-state index is 0.247. The maximum absolute atomic E-state index is 12.5. The number of aromatic nitrogens is 2. The first-order valence-electron chi connectivity index (χ1n) is 11.8. The predicted octanol–water partition coefficient (Wildman–Crippen LogP) is 3.97. The SMILES string of the molecule is Nc1cc2c(Oc3ccc(C(=O)Nc4ccccn4)cc3)ccnc2cc1OCCN1CCOCC1. The Labute approximate surface area is 208 Å². The van der Waals surface area contributed by atoms with Crippen LogP contribution in [0.2, 0.25) is 0 Å². The van der Waals surface area contributed by atoms with Crippen LogP contribution in [0, 0.1) is 0 Å². The molecule has 3 heterocycles. The molecule has 0 bridgehead atoms. The Kier molecular flexibility index (Phi) is 7.20. The lowest BCUT2D eigenvalue weighted by atomic mass is 10.1. The summed E-state index contributed by atoms with van der Waals surface area (Å²) in [4.78, 5) is 23.3. The van der Waals surface area contributed by atoms with Gasteiger partial charge in [0.25, 0.3) is 5.91 Å². The van der Waals surface area contributed by atoms with Crippen molar-refractivity contribution >= 4 is 28.3 Å². The number of pyridine rings is 2. The molecule has 9 nitrogen and oxygen atoms in total. The summed E-state index contributed by atoms with van der Waals surface area (Å²) in [6.45, 7) is 4.68. The van der Waals surface area contributed by atoms with Gasteiger partial charge >= 0.3 is 0 Å². The van der Waals surface area contributed by atoms with E-state index in [1.165, 1.54) is 0 Å². The van der Waals surface area contributed by atoms with Gasteiger partial charge in [-0.2, -0.15) is 0 Å². The fourth-order valence-electron chi connectivity index (χ4n) is 3.92. The number of fused-ring (bicyclic) bond motifs is 1. The molecule has 1 amide bonds. The number of nitrogens with one attached hydrogen (secondary N) is 1. The molecule has 3 N–H and O–H groups in total. The minimum Gasteiger partial charge on any atom is -0.490 e. The quantitative estimate of drug-likeness (QED) is 0.361. The van der Waals surface area contributed by atoms with Gasteiger partial charge in [-0.25, -0.2) is 4.98 Å². The van der Waals surface area contributed by atoms with Gasteiger partial charge in [-0.3, -0.25) is 14.7 Å². The van der Waals surface area contributed by atoms with Gasteiger partial charge in [0.15, 0.2) is 0 Å². The van der Waals surface area contributed by atoms with Crippen LogP contribution in [0.3, 0.4) is 0 Å². The zero-order valence-electron chi connectivity index (χ0n) is 19.7. The Balaban J connectivity index is 1.25. The van der Waals surface area contributed by atoms with Gasteiger partial charge in [-0.15, -0.1) is 0 Å². The number of hydrogen-bond acceptors (Lipinski definition) is 8. The second kappa shape index (κ2) is 11.0. The average molecular weight is 486 g/mol. The lowest BCUT2D eigenvalue weighted by molar-refractivity contribution is 0.0323. The van der Waals surface area contributed by atoms with Crippen LogP contribution < -0.4 is 20.5 Å². The topological polar surface area (TPSA) is 112 Å². The van der Waals surface area contributed by atoms with Crippen molar-refractivity contribution in [3.05, 3.63) is 78.6 Å². The van der Waals surface area contributed by atoms with Crippen molar-refractivity contribution in [2.24, 2.45) is 0 Å². The second-order valence-electron chi connectivity index (χ2n) is 8.31. The van der Waals surface area contributed by atoms with E-state index in [2.05, 4.69) is 20.2 Å². The molecule has 1 saturated heterocycles. The summed E-state index contributed by atoms with van der Waals surface area (Å²) >= 11 is 0. The maximum Gasteiger partial charge on any atom is 0.256 e. The van der Waals surface area contributed by atoms with Crippen molar-refractivity contribution in [2.45, 2.75) is 0 Å². The van der Waals surface area contributed by atoms with E-state index in [4.69, 9.17) is 19.9 Å². The molecule has 9 heteroatoms. The van der Waals surface area contributed by atoms with Gasteiger partial charge in [0, 0.05) is 49.0 Å². The molecule has 0 aliphatic carbocycles. The largest absolute Gasteiger partial charge is 0.490 e. The smallest absolute Gasteiger partial charge is 0.256 e. The van der Waals surface area contributed by atoms with Gasteiger partial charge < -0.3 is 25.3 Å². The number of morpholine rings is 1. The molecule has 2 aromatic carbocycles. The van der Waals surface area contributed by atoms with Crippen LogP contribution in [-0.4, -0.2) is 60.2 Å². The summed E-state index contributed by atoms with van der Waals surface area (Å²) in [5.41, 5.74) is 8.02. The zero-order chi connectivity index (χ0) is 24.7. The van der Waals surface area contributed by atoms with Gasteiger partial charge in [-0.05, 0) is 48.5 Å². The average Bonchev–Trinajstić information content (AvgIpc) is 2.91. The first-order valence-corrected chi connectivity index (χ1v) is 11.8. The Morgan fingerprint density at radius 2 is 1.83 bits per heavy atom. The highest BCUT2D eigenvalue weighted by Gasteiger charge is 2.13. The van der Waals surface area contributed by atoms with E-state index in [-0.39, 0.29) is 5.91 Å². The normalized spacial score (nSPS) is 13.9. The van der Waals surface area contributed by atoms with Crippen LogP contribution in [0.1, 0.15) is 10.4 Å². The third-order valence-corrected chi connectivity index (χ3v) is 5.85. The molecule has 184 valence electrons. The van der Waals surface area contributed by atoms with E-state index in [0.29, 0.717) is 40.9 Å². The third-order valence-electron chi connectivity index (χ3n) is 5.85. The number of anilines is 2. The monoisotopic (exact) mass is 485 g/mol. The predicted molar refractivity (Wildman–Crippen MR) is 138 cm³/mol. The highest BCUT2D eigenvalue weighted by atomic mass is 16.5. The van der Waals surface area contributed by atoms with Gasteiger partial charge in [0.1, 0.15) is 29.7 Å². The molecule has 1 aliphatic rings. The van der Waals surface area contributed by atoms with Crippen molar-refractivity contribution in [3.63, 3.8) is 0 Å². The lowest BCUT2D eigenvalue weighted by Crippen LogP contribution is -2.38. The maximum atomic E-state index is 12.5. The van der Waals surface area contributed by atoms with Crippen molar-refractivity contribution < 1.29 is 19.0 Å². The number of rotatable bonds is 8. The number of nitrogen functional groups attached to an aromatic ring is 1. The third kappa shape index (κ3) is 5.70. The Bertz CT molecular complexity index is 1330. The molecule has 0 atom stereocenters. The summed E-state index contributed by atoms with van der Waals surface area (Å²) in [5, 5.41) is 3.53. The summed E-state index contributed by atoms with van der Waals surface area (Å²) in [6.07, 6.45) is 3.30. The number of benzene rings is 2. The highest BCUT2D eigenvalue weighted by Crippen LogP contribution is 2.34. The van der Waals surface area contributed by atoms with Crippen LogP contribution >= 0.6 is 0 Å². The fourth-order valence-corrected chi connectivity index (χ4v) is 3.92. The van der Waals surface area contributed by atoms with Crippen LogP contribution in [0.5, 0.6) is 17.2 Å². The standard InChI is InChI=1S/C27H27N5O4/c28-22-17-21-23(18-25(22)35-16-13-32-11-14-34-15-12-32)29-10-8-24(21)36-20-6-4-19(5-7-20)27(33)31-26-3-1-2-9-30-26/h1-10,17-18H,11-16,28H2,(H,30,31,33). The summed E-state index contributed by atoms with van der Waals surface area (Å²) < 4.78 is 17.4. The Hall–Kier alpha value is -4.21. The number of amides is 1. The Morgan fingerprint density at radius 1 is 1.00 bits per heavy atom. The van der Waals surface area contributed by atoms with Crippen LogP contribution in [0.4, 0.5) is 11.5 Å². The van der Waals surface area contributed by atoms with Crippen molar-refractivity contribution in [2.75, 3.05) is 50.5 Å². The molecule has 0 radical (unpaired) electrons. The molecule has 36 heavy (non-hydrogen) atoms. The minimum atomic E-state index is -0.247. The molecule has 1 aliphatic heterocycles. The van der Waals surface area contributed by atoms with Crippen molar-refractivity contribution in [1.29, 1.82) is 0 Å². The molecule has 4 aromatic rings. The molecule has 2 aromatic heterocycles. The highest BCUT2D eigenvalue weighted by molar-refractivity contribution is 6.03. The van der Waals surface area contributed by atoms with Crippen molar-refractivity contribution in [3.8, 4) is 17.2 Å². The molecular formula is C27H27N5O4. The second-order valence-corrected chi connectivity index (χ2v) is 8.31. The van der Waals surface area contributed by atoms with E-state index < -0.39 is 0 Å². The molecule has 5 rings (SSSR count). The van der Waals surface area contributed by atoms with Gasteiger partial charge in [-0.1, -0.05) is 6.07 Å². The van der Waals surface area contributed by atoms with Crippen LogP contribution in [-0.2, 0) is 4.74 Å². The van der Waals surface area contributed by atoms with Crippen molar-refractivity contribution in [1.82, 2.24) is 14.9 Å². The van der Waals surface area contributed by atoms with Gasteiger partial charge in [0.05, 0.1) is 24.4 Å². The van der Waals surface area contributed by atoms with E-state index >= 15 is 0 Å². The van der Waals surface area contributed by atoms with Crippen LogP contribution in [0.15, 0.2) is 73.1 Å². The zero-order valence-corrected chi connectivity index (χ0v) is 19.7.